The van der Waals surface area contributed by atoms with Gasteiger partial charge in [-0.3, -0.25) is 0 Å². The lowest BCUT2D eigenvalue weighted by Gasteiger charge is -2.04. The van der Waals surface area contributed by atoms with E-state index in [1.807, 2.05) is 6.07 Å². The maximum Gasteiger partial charge on any atom is 0.328 e. The topological polar surface area (TPSA) is 46.5 Å². The molecule has 98 valence electrons. The number of para-hydroxylation sites is 1. The molecule has 5 heteroatoms. The summed E-state index contributed by atoms with van der Waals surface area (Å²) in [6.07, 6.45) is 2.59. The van der Waals surface area contributed by atoms with E-state index in [2.05, 4.69) is 0 Å². The van der Waals surface area contributed by atoms with Crippen LogP contribution in [0.1, 0.15) is 9.75 Å². The molecule has 0 bridgehead atoms. The molecule has 1 aromatic carbocycles. The lowest BCUT2D eigenvalue weighted by atomic mass is 10.3. The Bertz CT molecular complexity index is 604. The van der Waals surface area contributed by atoms with Crippen molar-refractivity contribution in [3.8, 4) is 5.75 Å². The first-order valence-corrected chi connectivity index (χ1v) is 6.34. The minimum atomic E-state index is -0.988. The van der Waals surface area contributed by atoms with Gasteiger partial charge in [0.2, 0.25) is 0 Å². The van der Waals surface area contributed by atoms with E-state index < -0.39 is 11.8 Å². The lowest BCUT2D eigenvalue weighted by Crippen LogP contribution is -1.94. The Balaban J connectivity index is 1.97. The van der Waals surface area contributed by atoms with Crippen molar-refractivity contribution in [2.45, 2.75) is 6.61 Å². The summed E-state index contributed by atoms with van der Waals surface area (Å²) < 4.78 is 18.7. The van der Waals surface area contributed by atoms with Crippen LogP contribution in [-0.2, 0) is 11.4 Å². The van der Waals surface area contributed by atoms with Crippen LogP contribution in [0.5, 0.6) is 5.75 Å². The number of carboxylic acids is 1. The van der Waals surface area contributed by atoms with E-state index in [0.29, 0.717) is 0 Å². The van der Waals surface area contributed by atoms with Crippen LogP contribution in [0.3, 0.4) is 0 Å². The molecule has 1 N–H and O–H groups in total. The minimum absolute atomic E-state index is 0.207. The smallest absolute Gasteiger partial charge is 0.328 e. The first kappa shape index (κ1) is 13.3. The van der Waals surface area contributed by atoms with Crippen LogP contribution in [0.15, 0.2) is 42.5 Å². The highest BCUT2D eigenvalue weighted by atomic mass is 32.1. The van der Waals surface area contributed by atoms with Crippen LogP contribution in [0.2, 0.25) is 0 Å². The average molecular weight is 278 g/mol. The summed E-state index contributed by atoms with van der Waals surface area (Å²) in [6, 6.07) is 9.83. The van der Waals surface area contributed by atoms with Crippen molar-refractivity contribution in [2.24, 2.45) is 0 Å². The molecule has 0 fully saturated rings. The molecule has 0 unspecified atom stereocenters. The van der Waals surface area contributed by atoms with Crippen molar-refractivity contribution in [3.05, 3.63) is 58.0 Å². The number of thiophene rings is 1. The largest absolute Gasteiger partial charge is 0.485 e. The van der Waals surface area contributed by atoms with Gasteiger partial charge >= 0.3 is 5.97 Å². The molecule has 2 aromatic rings. The van der Waals surface area contributed by atoms with E-state index in [9.17, 15) is 9.18 Å². The zero-order valence-electron chi connectivity index (χ0n) is 9.88. The van der Waals surface area contributed by atoms with Gasteiger partial charge in [0, 0.05) is 15.8 Å². The number of carbonyl (C=O) groups is 1. The number of hydrogen-bond acceptors (Lipinski definition) is 3. The number of rotatable bonds is 5. The van der Waals surface area contributed by atoms with Gasteiger partial charge in [-0.15, -0.1) is 11.3 Å². The Labute approximate surface area is 113 Å². The molecule has 0 aliphatic heterocycles. The van der Waals surface area contributed by atoms with E-state index in [0.717, 1.165) is 15.8 Å². The molecule has 0 radical (unpaired) electrons. The summed E-state index contributed by atoms with van der Waals surface area (Å²) in [5, 5.41) is 8.52. The van der Waals surface area contributed by atoms with Crippen LogP contribution in [-0.4, -0.2) is 11.1 Å². The Morgan fingerprint density at radius 2 is 2.11 bits per heavy atom. The number of ether oxygens (including phenoxy) is 1. The third-order valence-corrected chi connectivity index (χ3v) is 3.30. The molecule has 1 heterocycles. The first-order valence-electron chi connectivity index (χ1n) is 5.52. The summed E-state index contributed by atoms with van der Waals surface area (Å²) >= 11 is 1.40. The Hall–Kier alpha value is -2.14. The average Bonchev–Trinajstić information content (AvgIpc) is 2.83. The van der Waals surface area contributed by atoms with Crippen molar-refractivity contribution < 1.29 is 19.0 Å². The molecule has 0 saturated heterocycles. The highest BCUT2D eigenvalue weighted by Crippen LogP contribution is 2.21. The predicted octanol–water partition coefficient (Wildman–Crippen LogP) is 3.56. The van der Waals surface area contributed by atoms with E-state index in [1.54, 1.807) is 24.3 Å². The fourth-order valence-electron chi connectivity index (χ4n) is 1.43. The molecule has 19 heavy (non-hydrogen) atoms. The SMILES string of the molecule is O=C(O)C=Cc1ccc(COc2ccccc2F)s1. The molecule has 0 atom stereocenters. The van der Waals surface area contributed by atoms with Crippen LogP contribution in [0.25, 0.3) is 6.08 Å². The van der Waals surface area contributed by atoms with Crippen molar-refractivity contribution in [1.29, 1.82) is 0 Å². The molecule has 0 saturated carbocycles. The highest BCUT2D eigenvalue weighted by molar-refractivity contribution is 7.12. The van der Waals surface area contributed by atoms with Gasteiger partial charge in [0.25, 0.3) is 0 Å². The summed E-state index contributed by atoms with van der Waals surface area (Å²) in [7, 11) is 0. The van der Waals surface area contributed by atoms with Crippen molar-refractivity contribution in [2.75, 3.05) is 0 Å². The number of halogens is 1. The fourth-order valence-corrected chi connectivity index (χ4v) is 2.25. The summed E-state index contributed by atoms with van der Waals surface area (Å²) in [6.45, 7) is 0.256. The van der Waals surface area contributed by atoms with Gasteiger partial charge in [-0.25, -0.2) is 9.18 Å². The van der Waals surface area contributed by atoms with Gasteiger partial charge in [-0.1, -0.05) is 12.1 Å². The minimum Gasteiger partial charge on any atom is -0.485 e. The molecule has 2 rings (SSSR count). The van der Waals surface area contributed by atoms with E-state index in [4.69, 9.17) is 9.84 Å². The molecule has 0 spiro atoms. The van der Waals surface area contributed by atoms with Crippen LogP contribution >= 0.6 is 11.3 Å². The van der Waals surface area contributed by atoms with Crippen molar-refractivity contribution in [3.63, 3.8) is 0 Å². The Morgan fingerprint density at radius 1 is 1.32 bits per heavy atom. The highest BCUT2D eigenvalue weighted by Gasteiger charge is 2.03. The lowest BCUT2D eigenvalue weighted by molar-refractivity contribution is -0.131. The standard InChI is InChI=1S/C14H11FO3S/c15-12-3-1-2-4-13(12)18-9-11-6-5-10(19-11)7-8-14(16)17/h1-8H,9H2,(H,16,17). The van der Waals surface area contributed by atoms with E-state index in [-0.39, 0.29) is 12.4 Å². The van der Waals surface area contributed by atoms with Crippen LogP contribution < -0.4 is 4.74 Å². The second-order valence-electron chi connectivity index (χ2n) is 3.69. The molecule has 0 amide bonds. The third kappa shape index (κ3) is 3.93. The molecular formula is C14H11FO3S. The summed E-state index contributed by atoms with van der Waals surface area (Å²) in [4.78, 5) is 12.1. The third-order valence-electron chi connectivity index (χ3n) is 2.28. The Kier molecular flexibility index (Phi) is 4.30. The maximum atomic E-state index is 13.3. The van der Waals surface area contributed by atoms with Crippen molar-refractivity contribution >= 4 is 23.4 Å². The number of benzene rings is 1. The van der Waals surface area contributed by atoms with E-state index >= 15 is 0 Å². The van der Waals surface area contributed by atoms with Gasteiger partial charge in [-0.2, -0.15) is 0 Å². The summed E-state index contributed by atoms with van der Waals surface area (Å²) in [5.74, 6) is -1.18. The molecule has 0 aliphatic carbocycles. The van der Waals surface area contributed by atoms with Gasteiger partial charge in [0.05, 0.1) is 0 Å². The van der Waals surface area contributed by atoms with Crippen molar-refractivity contribution in [1.82, 2.24) is 0 Å². The molecule has 1 aromatic heterocycles. The van der Waals surface area contributed by atoms with Gasteiger partial charge in [0.15, 0.2) is 11.6 Å². The zero-order chi connectivity index (χ0) is 13.7. The number of aliphatic carboxylic acids is 1. The molecular weight excluding hydrogens is 267 g/mol. The van der Waals surface area contributed by atoms with Crippen LogP contribution in [0, 0.1) is 5.82 Å². The second kappa shape index (κ2) is 6.15. The first-order chi connectivity index (χ1) is 9.15. The fraction of sp³-hybridized carbons (Fsp3) is 0.0714. The quantitative estimate of drug-likeness (QED) is 0.850. The maximum absolute atomic E-state index is 13.3. The normalized spacial score (nSPS) is 10.8. The summed E-state index contributed by atoms with van der Waals surface area (Å²) in [5.41, 5.74) is 0. The number of hydrogen-bond donors (Lipinski definition) is 1. The predicted molar refractivity (Wildman–Crippen MR) is 71.7 cm³/mol. The number of carboxylic acid groups (broad SMARTS) is 1. The molecule has 0 aliphatic rings. The van der Waals surface area contributed by atoms with Gasteiger partial charge in [-0.05, 0) is 30.3 Å². The van der Waals surface area contributed by atoms with E-state index in [1.165, 1.54) is 23.5 Å². The van der Waals surface area contributed by atoms with Gasteiger partial charge < -0.3 is 9.84 Å². The monoisotopic (exact) mass is 278 g/mol. The second-order valence-corrected chi connectivity index (χ2v) is 4.89. The molecule has 3 nitrogen and oxygen atoms in total. The zero-order valence-corrected chi connectivity index (χ0v) is 10.7. The van der Waals surface area contributed by atoms with Crippen LogP contribution in [0.4, 0.5) is 4.39 Å². The Morgan fingerprint density at radius 3 is 2.84 bits per heavy atom. The van der Waals surface area contributed by atoms with Gasteiger partial charge in [0.1, 0.15) is 6.61 Å².